The minimum Gasteiger partial charge on any atom is -0.490 e. The summed E-state index contributed by atoms with van der Waals surface area (Å²) in [6, 6.07) is 12.3. The lowest BCUT2D eigenvalue weighted by Crippen LogP contribution is -2.53. The number of amides is 1. The topological polar surface area (TPSA) is 85.4 Å². The summed E-state index contributed by atoms with van der Waals surface area (Å²) in [5, 5.41) is 0. The summed E-state index contributed by atoms with van der Waals surface area (Å²) in [6.07, 6.45) is 0.759. The van der Waals surface area contributed by atoms with Crippen molar-refractivity contribution < 1.29 is 27.4 Å². The van der Waals surface area contributed by atoms with E-state index in [1.807, 2.05) is 24.3 Å². The molecule has 0 bridgehead atoms. The van der Waals surface area contributed by atoms with Gasteiger partial charge in [-0.3, -0.25) is 4.79 Å². The van der Waals surface area contributed by atoms with Gasteiger partial charge in [0.05, 0.1) is 18.1 Å². The number of rotatable bonds is 3. The van der Waals surface area contributed by atoms with Crippen molar-refractivity contribution in [1.29, 1.82) is 0 Å². The van der Waals surface area contributed by atoms with Gasteiger partial charge >= 0.3 is 0 Å². The van der Waals surface area contributed by atoms with Crippen molar-refractivity contribution in [3.63, 3.8) is 0 Å². The van der Waals surface area contributed by atoms with E-state index in [-0.39, 0.29) is 23.9 Å². The van der Waals surface area contributed by atoms with Gasteiger partial charge < -0.3 is 19.1 Å². The number of benzene rings is 2. The van der Waals surface area contributed by atoms with Crippen LogP contribution >= 0.6 is 0 Å². The number of para-hydroxylation sites is 1. The van der Waals surface area contributed by atoms with Crippen molar-refractivity contribution in [2.24, 2.45) is 0 Å². The molecule has 5 rings (SSSR count). The fourth-order valence-corrected chi connectivity index (χ4v) is 5.56. The van der Waals surface area contributed by atoms with E-state index < -0.39 is 16.1 Å². The van der Waals surface area contributed by atoms with Gasteiger partial charge in [0.25, 0.3) is 5.91 Å². The Kier molecular flexibility index (Phi) is 5.23. The summed E-state index contributed by atoms with van der Waals surface area (Å²) in [5.74, 6) is 1.66. The van der Waals surface area contributed by atoms with Crippen LogP contribution in [0.4, 0.5) is 0 Å². The van der Waals surface area contributed by atoms with Gasteiger partial charge in [0.15, 0.2) is 17.6 Å². The average molecular weight is 445 g/mol. The number of sulfonamides is 1. The van der Waals surface area contributed by atoms with Crippen molar-refractivity contribution in [2.75, 3.05) is 39.4 Å². The first-order valence-electron chi connectivity index (χ1n) is 10.5. The molecule has 2 aromatic rings. The maximum Gasteiger partial charge on any atom is 0.264 e. The molecule has 3 aliphatic heterocycles. The molecule has 1 unspecified atom stereocenters. The highest BCUT2D eigenvalue weighted by molar-refractivity contribution is 7.89. The molecule has 1 atom stereocenters. The Balaban J connectivity index is 1.24. The maximum atomic E-state index is 13.1. The van der Waals surface area contributed by atoms with E-state index in [0.29, 0.717) is 44.2 Å². The second-order valence-electron chi connectivity index (χ2n) is 7.81. The number of carbonyl (C=O) groups is 1. The summed E-state index contributed by atoms with van der Waals surface area (Å²) >= 11 is 0. The average Bonchev–Trinajstić information content (AvgIpc) is 3.09. The molecule has 31 heavy (non-hydrogen) atoms. The van der Waals surface area contributed by atoms with Gasteiger partial charge in [-0.15, -0.1) is 0 Å². The SMILES string of the molecule is O=C(C1Cc2ccccc2O1)N1CCN(S(=O)(=O)c2ccc3c(c2)OCCCO3)CC1. The van der Waals surface area contributed by atoms with Crippen LogP contribution in [-0.4, -0.2) is 69.0 Å². The lowest BCUT2D eigenvalue weighted by atomic mass is 10.1. The van der Waals surface area contributed by atoms with Gasteiger partial charge in [0.2, 0.25) is 10.0 Å². The fraction of sp³-hybridized carbons (Fsp3) is 0.409. The Morgan fingerprint density at radius 3 is 2.42 bits per heavy atom. The van der Waals surface area contributed by atoms with Crippen molar-refractivity contribution >= 4 is 15.9 Å². The number of piperazine rings is 1. The van der Waals surface area contributed by atoms with Gasteiger partial charge in [0.1, 0.15) is 5.75 Å². The molecule has 3 aliphatic rings. The molecular formula is C22H24N2O6S. The molecule has 0 spiro atoms. The summed E-state index contributed by atoms with van der Waals surface area (Å²) in [5.41, 5.74) is 1.02. The van der Waals surface area contributed by atoms with Gasteiger partial charge in [-0.05, 0) is 23.8 Å². The Morgan fingerprint density at radius 2 is 1.65 bits per heavy atom. The Labute approximate surface area is 181 Å². The molecule has 0 radical (unpaired) electrons. The number of hydrogen-bond donors (Lipinski definition) is 0. The molecule has 1 saturated heterocycles. The molecule has 0 aliphatic carbocycles. The smallest absolute Gasteiger partial charge is 0.264 e. The van der Waals surface area contributed by atoms with E-state index in [9.17, 15) is 13.2 Å². The van der Waals surface area contributed by atoms with Crippen molar-refractivity contribution in [1.82, 2.24) is 9.21 Å². The molecule has 1 amide bonds. The fourth-order valence-electron chi connectivity index (χ4n) is 4.13. The van der Waals surface area contributed by atoms with Gasteiger partial charge in [-0.25, -0.2) is 8.42 Å². The van der Waals surface area contributed by atoms with Gasteiger partial charge in [0, 0.05) is 45.1 Å². The van der Waals surface area contributed by atoms with E-state index in [2.05, 4.69) is 0 Å². The summed E-state index contributed by atoms with van der Waals surface area (Å²) in [6.45, 7) is 2.18. The quantitative estimate of drug-likeness (QED) is 0.716. The van der Waals surface area contributed by atoms with Crippen LogP contribution in [0.1, 0.15) is 12.0 Å². The molecule has 3 heterocycles. The maximum absolute atomic E-state index is 13.1. The largest absolute Gasteiger partial charge is 0.490 e. The highest BCUT2D eigenvalue weighted by atomic mass is 32.2. The van der Waals surface area contributed by atoms with E-state index in [1.54, 1.807) is 17.0 Å². The molecule has 0 N–H and O–H groups in total. The monoisotopic (exact) mass is 444 g/mol. The van der Waals surface area contributed by atoms with Crippen molar-refractivity contribution in [2.45, 2.75) is 23.8 Å². The van der Waals surface area contributed by atoms with Crippen LogP contribution in [0.5, 0.6) is 17.2 Å². The second-order valence-corrected chi connectivity index (χ2v) is 9.74. The second kappa shape index (κ2) is 8.05. The lowest BCUT2D eigenvalue weighted by molar-refractivity contribution is -0.139. The van der Waals surface area contributed by atoms with Crippen LogP contribution in [0.15, 0.2) is 47.4 Å². The van der Waals surface area contributed by atoms with Gasteiger partial charge in [-0.2, -0.15) is 4.31 Å². The Hall–Kier alpha value is -2.78. The molecule has 9 heteroatoms. The highest BCUT2D eigenvalue weighted by Gasteiger charge is 2.36. The third-order valence-corrected chi connectivity index (χ3v) is 7.72. The van der Waals surface area contributed by atoms with Crippen molar-refractivity contribution in [3.8, 4) is 17.2 Å². The third kappa shape index (κ3) is 3.83. The third-order valence-electron chi connectivity index (χ3n) is 5.83. The first-order chi connectivity index (χ1) is 15.0. The van der Waals surface area contributed by atoms with E-state index in [1.165, 1.54) is 10.4 Å². The highest BCUT2D eigenvalue weighted by Crippen LogP contribution is 2.33. The number of carbonyl (C=O) groups excluding carboxylic acids is 1. The zero-order valence-electron chi connectivity index (χ0n) is 17.0. The van der Waals surface area contributed by atoms with Crippen LogP contribution < -0.4 is 14.2 Å². The Morgan fingerprint density at radius 1 is 0.903 bits per heavy atom. The number of ether oxygens (including phenoxy) is 3. The van der Waals surface area contributed by atoms with E-state index in [0.717, 1.165) is 17.7 Å². The first-order valence-corrected chi connectivity index (χ1v) is 11.9. The van der Waals surface area contributed by atoms with Crippen LogP contribution in [0.25, 0.3) is 0 Å². The van der Waals surface area contributed by atoms with Crippen LogP contribution in [0.2, 0.25) is 0 Å². The van der Waals surface area contributed by atoms with Crippen LogP contribution in [0, 0.1) is 0 Å². The Bertz CT molecular complexity index is 1070. The summed E-state index contributed by atoms with van der Waals surface area (Å²) < 4.78 is 44.7. The zero-order valence-corrected chi connectivity index (χ0v) is 17.8. The molecule has 0 aromatic heterocycles. The zero-order chi connectivity index (χ0) is 21.4. The van der Waals surface area contributed by atoms with E-state index >= 15 is 0 Å². The standard InChI is InChI=1S/C22H24N2O6S/c25-22(21-14-16-4-1-2-5-18(16)30-21)23-8-10-24(11-9-23)31(26,27)17-6-7-19-20(15-17)29-13-3-12-28-19/h1-2,4-7,15,21H,3,8-14H2. The first kappa shape index (κ1) is 20.1. The van der Waals surface area contributed by atoms with Crippen LogP contribution in [0.3, 0.4) is 0 Å². The molecule has 8 nitrogen and oxygen atoms in total. The number of fused-ring (bicyclic) bond motifs is 2. The molecule has 164 valence electrons. The molecule has 1 fully saturated rings. The lowest BCUT2D eigenvalue weighted by Gasteiger charge is -2.35. The molecule has 2 aromatic carbocycles. The summed E-state index contributed by atoms with van der Waals surface area (Å²) in [7, 11) is -3.69. The molecule has 0 saturated carbocycles. The van der Waals surface area contributed by atoms with Crippen molar-refractivity contribution in [3.05, 3.63) is 48.0 Å². The predicted octanol–water partition coefficient (Wildman–Crippen LogP) is 1.68. The van der Waals surface area contributed by atoms with E-state index in [4.69, 9.17) is 14.2 Å². The van der Waals surface area contributed by atoms with Crippen LogP contribution in [-0.2, 0) is 21.2 Å². The normalized spacial score (nSPS) is 21.2. The van der Waals surface area contributed by atoms with Gasteiger partial charge in [-0.1, -0.05) is 18.2 Å². The number of hydrogen-bond acceptors (Lipinski definition) is 6. The number of nitrogens with zero attached hydrogens (tertiary/aromatic N) is 2. The minimum absolute atomic E-state index is 0.0937. The molecular weight excluding hydrogens is 420 g/mol. The summed E-state index contributed by atoms with van der Waals surface area (Å²) in [4.78, 5) is 14.8. The minimum atomic E-state index is -3.69. The predicted molar refractivity (Wildman–Crippen MR) is 112 cm³/mol.